The summed E-state index contributed by atoms with van der Waals surface area (Å²) < 4.78 is 5.34. The minimum Gasteiger partial charge on any atom is -0.422 e. The molecule has 1 saturated heterocycles. The number of carbonyl (C=O) groups is 1. The van der Waals surface area contributed by atoms with Crippen molar-refractivity contribution >= 4 is 34.3 Å². The van der Waals surface area contributed by atoms with E-state index in [9.17, 15) is 9.59 Å². The molecule has 5 rings (SSSR count). The molecule has 2 aromatic carbocycles. The second kappa shape index (κ2) is 8.97. The third-order valence-electron chi connectivity index (χ3n) is 5.89. The number of fused-ring (bicyclic) bond motifs is 1. The molecule has 1 aliphatic rings. The van der Waals surface area contributed by atoms with E-state index < -0.39 is 5.63 Å². The molecule has 0 saturated carbocycles. The van der Waals surface area contributed by atoms with Gasteiger partial charge in [0.1, 0.15) is 17.0 Å². The lowest BCUT2D eigenvalue weighted by atomic mass is 10.1. The van der Waals surface area contributed by atoms with Gasteiger partial charge in [-0.2, -0.15) is 4.98 Å². The number of benzene rings is 2. The molecular formula is C26H25N5O3. The topological polar surface area (TPSA) is 91.6 Å². The van der Waals surface area contributed by atoms with E-state index in [1.165, 1.54) is 5.56 Å². The summed E-state index contributed by atoms with van der Waals surface area (Å²) in [5.74, 6) is 1.02. The van der Waals surface area contributed by atoms with Crippen molar-refractivity contribution in [1.29, 1.82) is 0 Å². The molecule has 1 amide bonds. The maximum absolute atomic E-state index is 13.0. The van der Waals surface area contributed by atoms with E-state index in [-0.39, 0.29) is 11.5 Å². The number of nitrogens with zero attached hydrogens (tertiary/aromatic N) is 4. The van der Waals surface area contributed by atoms with Crippen molar-refractivity contribution < 1.29 is 9.21 Å². The van der Waals surface area contributed by atoms with Gasteiger partial charge in [-0.1, -0.05) is 35.9 Å². The van der Waals surface area contributed by atoms with Gasteiger partial charge in [0.05, 0.1) is 0 Å². The summed E-state index contributed by atoms with van der Waals surface area (Å²) >= 11 is 0. The van der Waals surface area contributed by atoms with Crippen LogP contribution in [0, 0.1) is 13.8 Å². The van der Waals surface area contributed by atoms with Crippen LogP contribution in [0.1, 0.15) is 21.6 Å². The molecule has 3 heterocycles. The lowest BCUT2D eigenvalue weighted by Gasteiger charge is -2.34. The third-order valence-corrected chi connectivity index (χ3v) is 5.89. The van der Waals surface area contributed by atoms with E-state index in [4.69, 9.17) is 4.42 Å². The Hall–Kier alpha value is -4.20. The van der Waals surface area contributed by atoms with Gasteiger partial charge in [-0.15, -0.1) is 0 Å². The fourth-order valence-corrected chi connectivity index (χ4v) is 4.03. The Morgan fingerprint density at radius 2 is 1.68 bits per heavy atom. The van der Waals surface area contributed by atoms with Crippen molar-refractivity contribution in [2.75, 3.05) is 36.4 Å². The summed E-state index contributed by atoms with van der Waals surface area (Å²) in [7, 11) is 0. The Morgan fingerprint density at radius 3 is 2.44 bits per heavy atom. The number of aromatic nitrogens is 2. The molecule has 2 aromatic heterocycles. The largest absolute Gasteiger partial charge is 0.422 e. The Kier molecular flexibility index (Phi) is 5.71. The van der Waals surface area contributed by atoms with Crippen LogP contribution in [0.5, 0.6) is 0 Å². The van der Waals surface area contributed by atoms with E-state index in [2.05, 4.69) is 20.2 Å². The monoisotopic (exact) mass is 455 g/mol. The Labute approximate surface area is 196 Å². The molecule has 8 heteroatoms. The molecule has 0 bridgehead atoms. The van der Waals surface area contributed by atoms with Crippen LogP contribution in [0.4, 0.5) is 17.5 Å². The summed E-state index contributed by atoms with van der Waals surface area (Å²) in [5, 5.41) is 4.06. The van der Waals surface area contributed by atoms with E-state index in [1.54, 1.807) is 23.1 Å². The molecule has 1 N–H and O–H groups in total. The predicted molar refractivity (Wildman–Crippen MR) is 132 cm³/mol. The number of aryl methyl sites for hydroxylation is 2. The number of hydrogen-bond donors (Lipinski definition) is 1. The van der Waals surface area contributed by atoms with Crippen LogP contribution in [0.2, 0.25) is 0 Å². The molecular weight excluding hydrogens is 430 g/mol. The van der Waals surface area contributed by atoms with Crippen molar-refractivity contribution in [3.8, 4) is 0 Å². The van der Waals surface area contributed by atoms with Crippen LogP contribution < -0.4 is 15.8 Å². The second-order valence-corrected chi connectivity index (χ2v) is 8.45. The van der Waals surface area contributed by atoms with Gasteiger partial charge in [0.15, 0.2) is 0 Å². The zero-order valence-electron chi connectivity index (χ0n) is 19.1. The van der Waals surface area contributed by atoms with Crippen LogP contribution in [0.3, 0.4) is 0 Å². The fourth-order valence-electron chi connectivity index (χ4n) is 4.03. The minimum atomic E-state index is -0.611. The fraction of sp³-hybridized carbons (Fsp3) is 0.231. The highest BCUT2D eigenvalue weighted by molar-refractivity contribution is 5.96. The molecule has 0 atom stereocenters. The van der Waals surface area contributed by atoms with Crippen LogP contribution in [0.25, 0.3) is 11.0 Å². The number of piperazine rings is 1. The lowest BCUT2D eigenvalue weighted by Crippen LogP contribution is -2.50. The number of para-hydroxylation sites is 1. The van der Waals surface area contributed by atoms with Gasteiger partial charge in [-0.05, 0) is 38.1 Å². The van der Waals surface area contributed by atoms with Crippen LogP contribution in [-0.2, 0) is 0 Å². The molecule has 0 spiro atoms. The average molecular weight is 456 g/mol. The molecule has 0 radical (unpaired) electrons. The molecule has 0 unspecified atom stereocenters. The normalized spacial score (nSPS) is 13.8. The van der Waals surface area contributed by atoms with Crippen molar-refractivity contribution in [2.24, 2.45) is 0 Å². The molecule has 8 nitrogen and oxygen atoms in total. The van der Waals surface area contributed by atoms with Gasteiger partial charge in [-0.25, -0.2) is 9.78 Å². The average Bonchev–Trinajstić information content (AvgIpc) is 2.84. The number of amides is 1. The van der Waals surface area contributed by atoms with Gasteiger partial charge in [-0.3, -0.25) is 4.79 Å². The number of carbonyl (C=O) groups excluding carboxylic acids is 1. The highest BCUT2D eigenvalue weighted by Crippen LogP contribution is 2.21. The summed E-state index contributed by atoms with van der Waals surface area (Å²) in [4.78, 5) is 38.5. The third kappa shape index (κ3) is 4.47. The molecule has 34 heavy (non-hydrogen) atoms. The number of nitrogens with one attached hydrogen (secondary N) is 1. The lowest BCUT2D eigenvalue weighted by molar-refractivity contribution is 0.0742. The van der Waals surface area contributed by atoms with Crippen molar-refractivity contribution in [2.45, 2.75) is 13.8 Å². The van der Waals surface area contributed by atoms with Crippen molar-refractivity contribution in [1.82, 2.24) is 14.9 Å². The predicted octanol–water partition coefficient (Wildman–Crippen LogP) is 3.91. The number of hydrogen-bond acceptors (Lipinski definition) is 7. The Bertz CT molecular complexity index is 1410. The standard InChI is InChI=1S/C26H25N5O3/c1-17-7-9-20(10-8-17)28-23-15-18(2)27-26(29-23)31-13-11-30(12-14-31)24(32)21-16-19-5-3-4-6-22(19)34-25(21)33/h3-10,15-16H,11-14H2,1-2H3,(H,27,28,29). The van der Waals surface area contributed by atoms with E-state index in [0.717, 1.165) is 22.6 Å². The molecule has 1 fully saturated rings. The zero-order valence-corrected chi connectivity index (χ0v) is 19.1. The first kappa shape index (κ1) is 21.6. The molecule has 0 aliphatic carbocycles. The first-order chi connectivity index (χ1) is 16.5. The van der Waals surface area contributed by atoms with Crippen molar-refractivity contribution in [3.05, 3.63) is 87.9 Å². The maximum atomic E-state index is 13.0. The first-order valence-corrected chi connectivity index (χ1v) is 11.2. The Balaban J connectivity index is 1.29. The summed E-state index contributed by atoms with van der Waals surface area (Å²) in [6.07, 6.45) is 0. The molecule has 172 valence electrons. The van der Waals surface area contributed by atoms with Crippen LogP contribution >= 0.6 is 0 Å². The van der Waals surface area contributed by atoms with E-state index >= 15 is 0 Å². The zero-order chi connectivity index (χ0) is 23.7. The summed E-state index contributed by atoms with van der Waals surface area (Å²) in [6.45, 7) is 6.04. The van der Waals surface area contributed by atoms with Crippen molar-refractivity contribution in [3.63, 3.8) is 0 Å². The second-order valence-electron chi connectivity index (χ2n) is 8.45. The van der Waals surface area contributed by atoms with Gasteiger partial charge >= 0.3 is 5.63 Å². The molecule has 4 aromatic rings. The van der Waals surface area contributed by atoms with E-state index in [0.29, 0.717) is 37.7 Å². The van der Waals surface area contributed by atoms with Gasteiger partial charge in [0, 0.05) is 49.0 Å². The highest BCUT2D eigenvalue weighted by Gasteiger charge is 2.26. The van der Waals surface area contributed by atoms with Gasteiger partial charge in [0.2, 0.25) is 5.95 Å². The smallest absolute Gasteiger partial charge is 0.349 e. The number of rotatable bonds is 4. The Morgan fingerprint density at radius 1 is 0.941 bits per heavy atom. The maximum Gasteiger partial charge on any atom is 0.349 e. The van der Waals surface area contributed by atoms with Gasteiger partial charge in [0.25, 0.3) is 5.91 Å². The van der Waals surface area contributed by atoms with Gasteiger partial charge < -0.3 is 19.5 Å². The van der Waals surface area contributed by atoms with Crippen LogP contribution in [-0.4, -0.2) is 47.0 Å². The minimum absolute atomic E-state index is 0.0588. The van der Waals surface area contributed by atoms with Crippen LogP contribution in [0.15, 0.2) is 69.9 Å². The highest BCUT2D eigenvalue weighted by atomic mass is 16.4. The first-order valence-electron chi connectivity index (χ1n) is 11.2. The summed E-state index contributed by atoms with van der Waals surface area (Å²) in [6, 6.07) is 18.8. The quantitative estimate of drug-likeness (QED) is 0.467. The summed E-state index contributed by atoms with van der Waals surface area (Å²) in [5.41, 5.74) is 2.93. The number of anilines is 3. The SMILES string of the molecule is Cc1ccc(Nc2cc(C)nc(N3CCN(C(=O)c4cc5ccccc5oc4=O)CC3)n2)cc1. The van der Waals surface area contributed by atoms with E-state index in [1.807, 2.05) is 56.3 Å². The molecule has 1 aliphatic heterocycles.